The number of nitrogens with one attached hydrogen (secondary N) is 1. The number of sulfonamides is 1. The molecule has 29 heavy (non-hydrogen) atoms. The number of thiophene rings is 1. The summed E-state index contributed by atoms with van der Waals surface area (Å²) in [5, 5.41) is 5.09. The summed E-state index contributed by atoms with van der Waals surface area (Å²) in [5.41, 5.74) is 0.274. The summed E-state index contributed by atoms with van der Waals surface area (Å²) in [7, 11) is -2.59. The summed E-state index contributed by atoms with van der Waals surface area (Å²) in [6.45, 7) is -0.0615. The average Bonchev–Trinajstić information content (AvgIpc) is 3.24. The number of nitrogens with zero attached hydrogens (tertiary/aromatic N) is 1. The molecule has 1 aromatic heterocycles. The summed E-state index contributed by atoms with van der Waals surface area (Å²) >= 11 is 7.40. The first kappa shape index (κ1) is 21.2. The maximum atomic E-state index is 13.3. The first-order chi connectivity index (χ1) is 13.9. The van der Waals surface area contributed by atoms with Crippen LogP contribution in [0.2, 0.25) is 5.02 Å². The number of anilines is 1. The average molecular weight is 451 g/mol. The van der Waals surface area contributed by atoms with Crippen molar-refractivity contribution >= 4 is 44.6 Å². The van der Waals surface area contributed by atoms with Crippen molar-refractivity contribution in [3.8, 4) is 5.75 Å². The molecule has 9 heteroatoms. The third-order valence-electron chi connectivity index (χ3n) is 4.08. The lowest BCUT2D eigenvalue weighted by atomic mass is 10.3. The van der Waals surface area contributed by atoms with Crippen LogP contribution in [0.5, 0.6) is 5.75 Å². The molecule has 0 fully saturated rings. The molecule has 0 atom stereocenters. The summed E-state index contributed by atoms with van der Waals surface area (Å²) in [4.78, 5) is 13.6. The summed E-state index contributed by atoms with van der Waals surface area (Å²) in [6, 6.07) is 16.2. The Kier molecular flexibility index (Phi) is 6.79. The van der Waals surface area contributed by atoms with Gasteiger partial charge in [0.15, 0.2) is 0 Å². The Morgan fingerprint density at radius 3 is 2.48 bits per heavy atom. The van der Waals surface area contributed by atoms with Crippen molar-refractivity contribution in [1.82, 2.24) is 5.32 Å². The molecular weight excluding hydrogens is 432 g/mol. The van der Waals surface area contributed by atoms with Gasteiger partial charge in [0.25, 0.3) is 10.0 Å². The molecule has 1 N–H and O–H groups in total. The van der Waals surface area contributed by atoms with Crippen LogP contribution < -0.4 is 14.4 Å². The lowest BCUT2D eigenvalue weighted by Crippen LogP contribution is -2.40. The highest BCUT2D eigenvalue weighted by Gasteiger charge is 2.29. The fraction of sp³-hybridized carbons (Fsp3) is 0.150. The quantitative estimate of drug-likeness (QED) is 0.564. The predicted octanol–water partition coefficient (Wildman–Crippen LogP) is 3.92. The number of halogens is 1. The van der Waals surface area contributed by atoms with Gasteiger partial charge in [-0.15, -0.1) is 11.3 Å². The Labute approximate surface area is 178 Å². The van der Waals surface area contributed by atoms with Crippen molar-refractivity contribution in [3.05, 3.63) is 75.9 Å². The van der Waals surface area contributed by atoms with Gasteiger partial charge in [-0.3, -0.25) is 9.10 Å². The third kappa shape index (κ3) is 5.09. The molecule has 0 radical (unpaired) electrons. The van der Waals surface area contributed by atoms with Gasteiger partial charge in [0.2, 0.25) is 5.91 Å². The number of hydrogen-bond acceptors (Lipinski definition) is 5. The Morgan fingerprint density at radius 2 is 1.83 bits per heavy atom. The van der Waals surface area contributed by atoms with Gasteiger partial charge in [-0.1, -0.05) is 29.8 Å². The molecule has 3 aromatic rings. The van der Waals surface area contributed by atoms with Gasteiger partial charge >= 0.3 is 0 Å². The molecular formula is C20H19ClN2O4S2. The van der Waals surface area contributed by atoms with Crippen LogP contribution in [-0.4, -0.2) is 28.0 Å². The van der Waals surface area contributed by atoms with Crippen LogP contribution in [0.15, 0.2) is 70.9 Å². The van der Waals surface area contributed by atoms with Gasteiger partial charge in [-0.05, 0) is 47.8 Å². The third-order valence-corrected chi connectivity index (χ3v) is 6.98. The molecule has 2 aromatic carbocycles. The summed E-state index contributed by atoms with van der Waals surface area (Å²) in [5.74, 6) is -0.0852. The highest BCUT2D eigenvalue weighted by molar-refractivity contribution is 7.92. The van der Waals surface area contributed by atoms with Gasteiger partial charge in [0.05, 0.1) is 24.2 Å². The topological polar surface area (TPSA) is 75.7 Å². The van der Waals surface area contributed by atoms with Crippen LogP contribution in [0.4, 0.5) is 5.69 Å². The van der Waals surface area contributed by atoms with E-state index in [1.54, 1.807) is 24.3 Å². The van der Waals surface area contributed by atoms with Gasteiger partial charge < -0.3 is 10.1 Å². The van der Waals surface area contributed by atoms with Crippen LogP contribution in [0, 0.1) is 0 Å². The van der Waals surface area contributed by atoms with Crippen LogP contribution >= 0.6 is 22.9 Å². The number of benzene rings is 2. The first-order valence-corrected chi connectivity index (χ1v) is 11.3. The van der Waals surface area contributed by atoms with Crippen LogP contribution in [0.1, 0.15) is 4.88 Å². The fourth-order valence-corrected chi connectivity index (χ4v) is 4.86. The SMILES string of the molecule is COc1ccccc1N(CC(=O)NCc1cccs1)S(=O)(=O)c1ccc(Cl)cc1. The predicted molar refractivity (Wildman–Crippen MR) is 115 cm³/mol. The van der Waals surface area contributed by atoms with Crippen LogP contribution in [0.3, 0.4) is 0 Å². The summed E-state index contributed by atoms with van der Waals surface area (Å²) in [6.07, 6.45) is 0. The van der Waals surface area contributed by atoms with Crippen molar-refractivity contribution in [2.24, 2.45) is 0 Å². The second-order valence-electron chi connectivity index (χ2n) is 5.99. The molecule has 0 saturated heterocycles. The van der Waals surface area contributed by atoms with Gasteiger partial charge in [-0.25, -0.2) is 8.42 Å². The van der Waals surface area contributed by atoms with E-state index in [9.17, 15) is 13.2 Å². The molecule has 0 aliphatic carbocycles. The Balaban J connectivity index is 1.93. The van der Waals surface area contributed by atoms with E-state index in [-0.39, 0.29) is 10.6 Å². The van der Waals surface area contributed by atoms with Gasteiger partial charge in [0.1, 0.15) is 12.3 Å². The normalized spacial score (nSPS) is 11.1. The number of ether oxygens (including phenoxy) is 1. The number of carbonyl (C=O) groups excluding carboxylic acids is 1. The minimum Gasteiger partial charge on any atom is -0.495 e. The highest BCUT2D eigenvalue weighted by Crippen LogP contribution is 2.32. The molecule has 0 aliphatic heterocycles. The minimum atomic E-state index is -4.03. The van der Waals surface area contributed by atoms with Gasteiger partial charge in [0, 0.05) is 9.90 Å². The molecule has 0 aliphatic rings. The monoisotopic (exact) mass is 450 g/mol. The number of methoxy groups -OCH3 is 1. The number of hydrogen-bond donors (Lipinski definition) is 1. The lowest BCUT2D eigenvalue weighted by Gasteiger charge is -2.25. The molecule has 0 spiro atoms. The molecule has 0 unspecified atom stereocenters. The van der Waals surface area contributed by atoms with E-state index in [4.69, 9.17) is 16.3 Å². The Hall–Kier alpha value is -2.55. The molecule has 6 nitrogen and oxygen atoms in total. The van der Waals surface area contributed by atoms with Crippen molar-refractivity contribution < 1.29 is 17.9 Å². The minimum absolute atomic E-state index is 0.0267. The maximum absolute atomic E-state index is 13.3. The molecule has 3 rings (SSSR count). The Bertz CT molecular complexity index is 1070. The van der Waals surface area contributed by atoms with E-state index >= 15 is 0 Å². The van der Waals surface area contributed by atoms with Crippen LogP contribution in [0.25, 0.3) is 0 Å². The molecule has 1 heterocycles. The van der Waals surface area contributed by atoms with E-state index in [0.717, 1.165) is 9.18 Å². The number of amides is 1. The zero-order chi connectivity index (χ0) is 20.9. The zero-order valence-corrected chi connectivity index (χ0v) is 17.9. The van der Waals surface area contributed by atoms with Crippen molar-refractivity contribution in [2.45, 2.75) is 11.4 Å². The van der Waals surface area contributed by atoms with Crippen molar-refractivity contribution in [3.63, 3.8) is 0 Å². The summed E-state index contributed by atoms with van der Waals surface area (Å²) < 4.78 is 33.0. The fourth-order valence-electron chi connectivity index (χ4n) is 2.65. The maximum Gasteiger partial charge on any atom is 0.264 e. The Morgan fingerprint density at radius 1 is 1.10 bits per heavy atom. The van der Waals surface area contributed by atoms with E-state index in [1.807, 2.05) is 17.5 Å². The zero-order valence-electron chi connectivity index (χ0n) is 15.5. The number of para-hydroxylation sites is 2. The number of carbonyl (C=O) groups is 1. The van der Waals surface area contributed by atoms with Crippen molar-refractivity contribution in [1.29, 1.82) is 0 Å². The number of rotatable bonds is 8. The van der Waals surface area contributed by atoms with Crippen molar-refractivity contribution in [2.75, 3.05) is 18.0 Å². The first-order valence-electron chi connectivity index (χ1n) is 8.62. The highest BCUT2D eigenvalue weighted by atomic mass is 35.5. The second-order valence-corrected chi connectivity index (χ2v) is 9.32. The largest absolute Gasteiger partial charge is 0.495 e. The second kappa shape index (κ2) is 9.30. The van der Waals surface area contributed by atoms with E-state index < -0.39 is 22.5 Å². The van der Waals surface area contributed by atoms with E-state index in [2.05, 4.69) is 5.32 Å². The molecule has 152 valence electrons. The van der Waals surface area contributed by atoms with E-state index in [0.29, 0.717) is 17.3 Å². The molecule has 0 saturated carbocycles. The van der Waals surface area contributed by atoms with Crippen LogP contribution in [-0.2, 0) is 21.4 Å². The van der Waals surface area contributed by atoms with E-state index in [1.165, 1.54) is 42.7 Å². The van der Waals surface area contributed by atoms with Gasteiger partial charge in [-0.2, -0.15) is 0 Å². The smallest absolute Gasteiger partial charge is 0.264 e. The molecule has 0 bridgehead atoms. The molecule has 1 amide bonds. The standard InChI is InChI=1S/C20H19ClN2O4S2/c1-27-19-7-3-2-6-18(19)23(14-20(24)22-13-16-5-4-12-28-16)29(25,26)17-10-8-15(21)9-11-17/h2-12H,13-14H2,1H3,(H,22,24). The lowest BCUT2D eigenvalue weighted by molar-refractivity contribution is -0.119.